The molecule has 0 radical (unpaired) electrons. The van der Waals surface area contributed by atoms with Gasteiger partial charge in [-0.05, 0) is 13.8 Å². The van der Waals surface area contributed by atoms with Crippen molar-refractivity contribution in [1.29, 1.82) is 0 Å². The Balaban J connectivity index is 2.43. The summed E-state index contributed by atoms with van der Waals surface area (Å²) in [4.78, 5) is 12.3. The predicted octanol–water partition coefficient (Wildman–Crippen LogP) is 2.55. The molecule has 0 spiro atoms. The second-order valence-electron chi connectivity index (χ2n) is 6.31. The molecular weight excluding hydrogens is 312 g/mol. The predicted molar refractivity (Wildman–Crippen MR) is 87.4 cm³/mol. The van der Waals surface area contributed by atoms with Crippen LogP contribution in [-0.2, 0) is 9.47 Å². The van der Waals surface area contributed by atoms with Crippen LogP contribution in [0.4, 0.5) is 0 Å². The average Bonchev–Trinajstić information content (AvgIpc) is 2.55. The highest BCUT2D eigenvalue weighted by Gasteiger charge is 2.47. The maximum Gasteiger partial charge on any atom is 0.342 e. The molecule has 0 bridgehead atoms. The summed E-state index contributed by atoms with van der Waals surface area (Å²) in [5.74, 6) is -0.630. The van der Waals surface area contributed by atoms with Gasteiger partial charge in [0.25, 0.3) is 0 Å². The van der Waals surface area contributed by atoms with Crippen LogP contribution in [0.1, 0.15) is 35.9 Å². The van der Waals surface area contributed by atoms with Crippen LogP contribution in [0.5, 0.6) is 11.5 Å². The lowest BCUT2D eigenvalue weighted by atomic mass is 9.84. The Morgan fingerprint density at radius 2 is 1.83 bits per heavy atom. The van der Waals surface area contributed by atoms with Crippen LogP contribution in [0.2, 0.25) is 0 Å². The minimum atomic E-state index is -1.15. The summed E-state index contributed by atoms with van der Waals surface area (Å²) in [5.41, 5.74) is -0.741. The van der Waals surface area contributed by atoms with E-state index >= 15 is 0 Å². The number of carbonyl (C=O) groups excluding carboxylic acids is 1. The van der Waals surface area contributed by atoms with Gasteiger partial charge in [0.1, 0.15) is 34.9 Å². The van der Waals surface area contributed by atoms with Gasteiger partial charge in [-0.15, -0.1) is 0 Å². The van der Waals surface area contributed by atoms with Gasteiger partial charge in [0, 0.05) is 23.4 Å². The van der Waals surface area contributed by atoms with Gasteiger partial charge in [0.15, 0.2) is 0 Å². The van der Waals surface area contributed by atoms with Crippen molar-refractivity contribution in [1.82, 2.24) is 0 Å². The molecule has 2 aromatic rings. The Hall–Kier alpha value is -2.31. The maximum absolute atomic E-state index is 12.3. The Morgan fingerprint density at radius 3 is 2.42 bits per heavy atom. The lowest BCUT2D eigenvalue weighted by Gasteiger charge is -2.43. The number of esters is 1. The number of fused-ring (bicyclic) bond motifs is 3. The Kier molecular flexibility index (Phi) is 3.89. The number of aliphatic hydroxyl groups excluding tert-OH is 1. The van der Waals surface area contributed by atoms with Gasteiger partial charge < -0.3 is 24.4 Å². The Morgan fingerprint density at radius 1 is 1.21 bits per heavy atom. The fraction of sp³-hybridized carbons (Fsp3) is 0.389. The summed E-state index contributed by atoms with van der Waals surface area (Å²) in [7, 11) is 2.68. The van der Waals surface area contributed by atoms with Gasteiger partial charge in [-0.1, -0.05) is 24.3 Å². The highest BCUT2D eigenvalue weighted by molar-refractivity contribution is 6.06. The minimum absolute atomic E-state index is 0.101. The molecule has 2 N–H and O–H groups in total. The van der Waals surface area contributed by atoms with E-state index in [0.29, 0.717) is 16.5 Å². The molecule has 2 aromatic carbocycles. The maximum atomic E-state index is 12.3. The summed E-state index contributed by atoms with van der Waals surface area (Å²) in [6.45, 7) is 3.60. The first kappa shape index (κ1) is 16.5. The van der Waals surface area contributed by atoms with E-state index in [9.17, 15) is 15.0 Å². The smallest absolute Gasteiger partial charge is 0.342 e. The molecule has 6 heteroatoms. The zero-order chi connectivity index (χ0) is 17.6. The molecule has 6 nitrogen and oxygen atoms in total. The number of aromatic hydroxyl groups is 1. The van der Waals surface area contributed by atoms with E-state index in [1.807, 2.05) is 0 Å². The molecule has 24 heavy (non-hydrogen) atoms. The molecule has 0 amide bonds. The standard InChI is InChI=1S/C18H20O6/c1-18(2)16(22-3)14(20)11-12(17(21)23-4)13(19)9-7-5-6-8-10(9)15(11)24-18/h5-8,14,16,19-20H,1-4H3/t14-,16-/m0/s1. The quantitative estimate of drug-likeness (QED) is 0.822. The highest BCUT2D eigenvalue weighted by atomic mass is 16.6. The van der Waals surface area contributed by atoms with E-state index in [-0.39, 0.29) is 16.9 Å². The van der Waals surface area contributed by atoms with Crippen LogP contribution >= 0.6 is 0 Å². The molecular formula is C18H20O6. The number of aliphatic hydroxyl groups is 1. The Labute approximate surface area is 139 Å². The van der Waals surface area contributed by atoms with Crippen molar-refractivity contribution < 1.29 is 29.2 Å². The number of rotatable bonds is 2. The average molecular weight is 332 g/mol. The number of carbonyl (C=O) groups is 1. The second-order valence-corrected chi connectivity index (χ2v) is 6.31. The number of phenolic OH excluding ortho intramolecular Hbond substituents is 1. The molecule has 2 atom stereocenters. The molecule has 3 rings (SSSR count). The fourth-order valence-corrected chi connectivity index (χ4v) is 3.37. The summed E-state index contributed by atoms with van der Waals surface area (Å²) in [6, 6.07) is 7.00. The number of phenols is 1. The van der Waals surface area contributed by atoms with Crippen molar-refractivity contribution in [2.75, 3.05) is 14.2 Å². The number of methoxy groups -OCH3 is 2. The summed E-state index contributed by atoms with van der Waals surface area (Å²) < 4.78 is 16.3. The lowest BCUT2D eigenvalue weighted by molar-refractivity contribution is -0.129. The van der Waals surface area contributed by atoms with E-state index in [4.69, 9.17) is 14.2 Å². The molecule has 0 aliphatic carbocycles. The molecule has 1 aliphatic rings. The first-order valence-corrected chi connectivity index (χ1v) is 7.59. The van der Waals surface area contributed by atoms with E-state index in [2.05, 4.69) is 0 Å². The molecule has 128 valence electrons. The van der Waals surface area contributed by atoms with Gasteiger partial charge in [-0.25, -0.2) is 4.79 Å². The van der Waals surface area contributed by atoms with E-state index < -0.39 is 23.8 Å². The lowest BCUT2D eigenvalue weighted by Crippen LogP contribution is -2.50. The normalized spacial score (nSPS) is 21.9. The third-order valence-corrected chi connectivity index (χ3v) is 4.45. The molecule has 1 heterocycles. The third kappa shape index (κ3) is 2.22. The molecule has 0 saturated heterocycles. The number of ether oxygens (including phenoxy) is 3. The van der Waals surface area contributed by atoms with Gasteiger partial charge in [-0.2, -0.15) is 0 Å². The Bertz CT molecular complexity index is 811. The summed E-state index contributed by atoms with van der Waals surface area (Å²) in [6.07, 6.45) is -1.87. The van der Waals surface area contributed by atoms with Crippen LogP contribution in [0.25, 0.3) is 10.8 Å². The van der Waals surface area contributed by atoms with E-state index in [0.717, 1.165) is 0 Å². The van der Waals surface area contributed by atoms with Crippen molar-refractivity contribution >= 4 is 16.7 Å². The summed E-state index contributed by atoms with van der Waals surface area (Å²) in [5, 5.41) is 22.5. The largest absolute Gasteiger partial charge is 0.506 e. The van der Waals surface area contributed by atoms with Crippen LogP contribution in [0.3, 0.4) is 0 Å². The molecule has 1 aliphatic heterocycles. The van der Waals surface area contributed by atoms with Crippen LogP contribution in [0, 0.1) is 0 Å². The van der Waals surface area contributed by atoms with E-state index in [1.165, 1.54) is 14.2 Å². The SMILES string of the molecule is COC(=O)c1c2c(c3ccccc3c1O)OC(C)(C)[C@@H](OC)[C@H]2O. The van der Waals surface area contributed by atoms with E-state index in [1.54, 1.807) is 38.1 Å². The zero-order valence-electron chi connectivity index (χ0n) is 14.0. The monoisotopic (exact) mass is 332 g/mol. The van der Waals surface area contributed by atoms with Gasteiger partial charge in [0.05, 0.1) is 7.11 Å². The number of benzene rings is 2. The van der Waals surface area contributed by atoms with Crippen LogP contribution in [0.15, 0.2) is 24.3 Å². The van der Waals surface area contributed by atoms with Gasteiger partial charge in [-0.3, -0.25) is 0 Å². The van der Waals surface area contributed by atoms with Crippen molar-refractivity contribution in [2.24, 2.45) is 0 Å². The second kappa shape index (κ2) is 5.65. The van der Waals surface area contributed by atoms with Crippen LogP contribution in [-0.4, -0.2) is 42.1 Å². The molecule has 0 fully saturated rings. The number of hydrogen-bond donors (Lipinski definition) is 2. The van der Waals surface area contributed by atoms with Gasteiger partial charge in [0.2, 0.25) is 0 Å². The topological polar surface area (TPSA) is 85.2 Å². The summed E-state index contributed by atoms with van der Waals surface area (Å²) >= 11 is 0. The molecule has 0 saturated carbocycles. The first-order chi connectivity index (χ1) is 11.3. The minimum Gasteiger partial charge on any atom is -0.506 e. The van der Waals surface area contributed by atoms with Crippen molar-refractivity contribution in [3.63, 3.8) is 0 Å². The van der Waals surface area contributed by atoms with Gasteiger partial charge >= 0.3 is 5.97 Å². The van der Waals surface area contributed by atoms with Crippen molar-refractivity contribution in [2.45, 2.75) is 31.7 Å². The zero-order valence-corrected chi connectivity index (χ0v) is 14.0. The molecule has 0 unspecified atom stereocenters. The fourth-order valence-electron chi connectivity index (χ4n) is 3.37. The van der Waals surface area contributed by atoms with Crippen LogP contribution < -0.4 is 4.74 Å². The highest BCUT2D eigenvalue weighted by Crippen LogP contribution is 2.50. The van der Waals surface area contributed by atoms with Crippen molar-refractivity contribution in [3.05, 3.63) is 35.4 Å². The first-order valence-electron chi connectivity index (χ1n) is 7.59. The third-order valence-electron chi connectivity index (χ3n) is 4.45. The molecule has 0 aromatic heterocycles. The number of hydrogen-bond acceptors (Lipinski definition) is 6. The van der Waals surface area contributed by atoms with Crippen molar-refractivity contribution in [3.8, 4) is 11.5 Å².